The summed E-state index contributed by atoms with van der Waals surface area (Å²) in [7, 11) is 3.78. The standard InChI is InChI=1S/C43H52F2N10O6/c1-52(18-20-60-19-4-6-28-5-3-7-33-38(28)53(2)43(59)55(33)34-14-15-36(56)50-41(34)58)23-27-10-12-30(13-11-27)54-24-31(37(51-54)39(44)45)48-40(57)32-25-61-42(49-32)29-16-17-46-35(21-29)47-22-26-8-9-26/h3,5,7,16-17,21,24-27,30,34,39H,4,6,8-15,18-20,22-23H2,1-2H3,(H,46,47)(H,48,57)(H,50,56,58). The van der Waals surface area contributed by atoms with E-state index in [1.54, 1.807) is 34.6 Å². The number of halogens is 2. The van der Waals surface area contributed by atoms with Crippen LogP contribution in [-0.4, -0.2) is 91.4 Å². The monoisotopic (exact) mass is 842 g/mol. The van der Waals surface area contributed by atoms with E-state index in [1.807, 2.05) is 18.2 Å². The number of alkyl halides is 2. The molecule has 16 nitrogen and oxygen atoms in total. The van der Waals surface area contributed by atoms with Crippen molar-refractivity contribution in [2.45, 2.75) is 82.7 Å². The summed E-state index contributed by atoms with van der Waals surface area (Å²) in [5.41, 5.74) is 2.25. The number of hydrogen-bond donors (Lipinski definition) is 3. The molecule has 1 aromatic carbocycles. The van der Waals surface area contributed by atoms with Crippen LogP contribution in [0, 0.1) is 11.8 Å². The van der Waals surface area contributed by atoms with Crippen LogP contribution in [0.5, 0.6) is 0 Å². The minimum atomic E-state index is -2.88. The van der Waals surface area contributed by atoms with Crippen LogP contribution in [0.1, 0.15) is 98.0 Å². The number of aromatic nitrogens is 6. The molecule has 1 atom stereocenters. The van der Waals surface area contributed by atoms with E-state index in [1.165, 1.54) is 29.9 Å². The van der Waals surface area contributed by atoms with E-state index in [4.69, 9.17) is 9.15 Å². The summed E-state index contributed by atoms with van der Waals surface area (Å²) in [6, 6.07) is 8.45. The molecule has 3 N–H and O–H groups in total. The first-order valence-electron chi connectivity index (χ1n) is 21.2. The lowest BCUT2D eigenvalue weighted by atomic mass is 9.86. The second-order valence-corrected chi connectivity index (χ2v) is 16.6. The van der Waals surface area contributed by atoms with Gasteiger partial charge in [0.05, 0.1) is 29.4 Å². The lowest BCUT2D eigenvalue weighted by Gasteiger charge is -2.31. The van der Waals surface area contributed by atoms with Crippen molar-refractivity contribution in [2.24, 2.45) is 18.9 Å². The van der Waals surface area contributed by atoms with Gasteiger partial charge >= 0.3 is 5.69 Å². The first-order valence-corrected chi connectivity index (χ1v) is 21.2. The van der Waals surface area contributed by atoms with Gasteiger partial charge in [0, 0.05) is 57.7 Å². The number of piperidine rings is 1. The lowest BCUT2D eigenvalue weighted by Crippen LogP contribution is -2.44. The number of pyridine rings is 1. The Morgan fingerprint density at radius 1 is 1.07 bits per heavy atom. The van der Waals surface area contributed by atoms with Gasteiger partial charge in [0.1, 0.15) is 18.1 Å². The van der Waals surface area contributed by atoms with Gasteiger partial charge in [0.25, 0.3) is 12.3 Å². The quantitative estimate of drug-likeness (QED) is 0.0707. The van der Waals surface area contributed by atoms with Crippen molar-refractivity contribution in [1.82, 2.24) is 39.1 Å². The van der Waals surface area contributed by atoms with E-state index < -0.39 is 30.0 Å². The zero-order valence-corrected chi connectivity index (χ0v) is 34.4. The molecular formula is C43H52F2N10O6. The number of nitrogens with zero attached hydrogens (tertiary/aromatic N) is 7. The van der Waals surface area contributed by atoms with Crippen LogP contribution in [-0.2, 0) is 27.8 Å². The molecule has 18 heteroatoms. The second kappa shape index (κ2) is 18.5. The summed E-state index contributed by atoms with van der Waals surface area (Å²) in [6.07, 6.45) is 9.19. The number of hydrogen-bond acceptors (Lipinski definition) is 11. The van der Waals surface area contributed by atoms with Gasteiger partial charge in [-0.15, -0.1) is 0 Å². The van der Waals surface area contributed by atoms with Gasteiger partial charge in [-0.1, -0.05) is 12.1 Å². The summed E-state index contributed by atoms with van der Waals surface area (Å²) in [4.78, 5) is 61.5. The number of amides is 3. The average Bonchev–Trinajstić information content (AvgIpc) is 3.65. The molecule has 0 bridgehead atoms. The molecule has 3 fully saturated rings. The van der Waals surface area contributed by atoms with Gasteiger partial charge in [-0.25, -0.2) is 23.5 Å². The number of likely N-dealkylation sites (N-methyl/N-ethyl adjacent to an activating group) is 1. The van der Waals surface area contributed by atoms with Gasteiger partial charge in [-0.2, -0.15) is 5.10 Å². The zero-order chi connectivity index (χ0) is 42.6. The molecule has 5 aromatic rings. The molecule has 2 saturated carbocycles. The van der Waals surface area contributed by atoms with Crippen molar-refractivity contribution in [3.05, 3.63) is 76.4 Å². The number of aryl methyl sites for hydroxylation is 2. The fourth-order valence-corrected chi connectivity index (χ4v) is 8.54. The maximum Gasteiger partial charge on any atom is 0.329 e. The molecule has 0 radical (unpaired) electrons. The fraction of sp³-hybridized carbons (Fsp3) is 0.512. The fourth-order valence-electron chi connectivity index (χ4n) is 8.54. The van der Waals surface area contributed by atoms with Gasteiger partial charge in [0.2, 0.25) is 17.7 Å². The third kappa shape index (κ3) is 9.75. The molecule has 5 heterocycles. The molecule has 3 aliphatic rings. The number of imidazole rings is 1. The van der Waals surface area contributed by atoms with Crippen molar-refractivity contribution < 1.29 is 32.3 Å². The normalized spacial score (nSPS) is 19.5. The molecule has 0 spiro atoms. The van der Waals surface area contributed by atoms with E-state index in [9.17, 15) is 28.0 Å². The molecule has 4 aromatic heterocycles. The average molecular weight is 843 g/mol. The van der Waals surface area contributed by atoms with Crippen molar-refractivity contribution in [2.75, 3.05) is 50.5 Å². The number of para-hydroxylation sites is 1. The van der Waals surface area contributed by atoms with Crippen molar-refractivity contribution >= 4 is 40.3 Å². The highest BCUT2D eigenvalue weighted by Crippen LogP contribution is 2.36. The molecule has 8 rings (SSSR count). The minimum absolute atomic E-state index is 0.0364. The third-order valence-corrected chi connectivity index (χ3v) is 12.0. The van der Waals surface area contributed by atoms with Crippen LogP contribution < -0.4 is 21.6 Å². The van der Waals surface area contributed by atoms with E-state index in [-0.39, 0.29) is 47.8 Å². The topological polar surface area (TPSA) is 183 Å². The Kier molecular flexibility index (Phi) is 12.7. The number of rotatable bonds is 18. The molecular weight excluding hydrogens is 791 g/mol. The number of fused-ring (bicyclic) bond motifs is 1. The predicted molar refractivity (Wildman–Crippen MR) is 222 cm³/mol. The van der Waals surface area contributed by atoms with Crippen LogP contribution in [0.4, 0.5) is 20.3 Å². The van der Waals surface area contributed by atoms with Crippen LogP contribution >= 0.6 is 0 Å². The zero-order valence-electron chi connectivity index (χ0n) is 34.4. The number of nitrogens with one attached hydrogen (secondary N) is 3. The van der Waals surface area contributed by atoms with E-state index in [2.05, 4.69) is 43.0 Å². The highest BCUT2D eigenvalue weighted by Gasteiger charge is 2.32. The number of benzene rings is 1. The molecule has 324 valence electrons. The summed E-state index contributed by atoms with van der Waals surface area (Å²) in [5.74, 6) is 0.576. The van der Waals surface area contributed by atoms with Crippen molar-refractivity contribution in [1.29, 1.82) is 0 Å². The van der Waals surface area contributed by atoms with E-state index >= 15 is 0 Å². The van der Waals surface area contributed by atoms with Crippen LogP contribution in [0.15, 0.2) is 58.2 Å². The summed E-state index contributed by atoms with van der Waals surface area (Å²) in [6.45, 7) is 3.60. The number of ether oxygens (including phenoxy) is 1. The number of oxazole rings is 1. The van der Waals surface area contributed by atoms with Crippen molar-refractivity contribution in [3.8, 4) is 11.5 Å². The highest BCUT2D eigenvalue weighted by atomic mass is 19.3. The number of carbonyl (C=O) groups is 3. The third-order valence-electron chi connectivity index (χ3n) is 12.0. The summed E-state index contributed by atoms with van der Waals surface area (Å²) in [5, 5.41) is 12.5. The predicted octanol–water partition coefficient (Wildman–Crippen LogP) is 5.89. The van der Waals surface area contributed by atoms with Gasteiger partial charge in [0.15, 0.2) is 11.4 Å². The molecule has 61 heavy (non-hydrogen) atoms. The maximum absolute atomic E-state index is 14.1. The second-order valence-electron chi connectivity index (χ2n) is 16.6. The van der Waals surface area contributed by atoms with Crippen molar-refractivity contribution in [3.63, 3.8) is 0 Å². The SMILES string of the molecule is CN(CCOCCCc1cccc2c1n(C)c(=O)n2C1CCC(=O)NC1=O)CC1CCC(n2cc(NC(=O)c3coc(-c4ccnc(NCC5CC5)c4)n3)c(C(F)F)n2)CC1. The maximum atomic E-state index is 14.1. The Hall–Kier alpha value is -5.75. The Balaban J connectivity index is 0.770. The Morgan fingerprint density at radius 3 is 2.64 bits per heavy atom. The number of imide groups is 1. The molecule has 2 aliphatic carbocycles. The van der Waals surface area contributed by atoms with Crippen LogP contribution in [0.25, 0.3) is 22.5 Å². The summed E-state index contributed by atoms with van der Waals surface area (Å²) >= 11 is 0. The smallest absolute Gasteiger partial charge is 0.329 e. The first-order chi connectivity index (χ1) is 29.5. The van der Waals surface area contributed by atoms with Gasteiger partial charge < -0.3 is 24.7 Å². The molecule has 1 aliphatic heterocycles. The molecule has 3 amide bonds. The first kappa shape index (κ1) is 42.0. The lowest BCUT2D eigenvalue weighted by molar-refractivity contribution is -0.135. The van der Waals surface area contributed by atoms with Gasteiger partial charge in [-0.05, 0) is 100 Å². The van der Waals surface area contributed by atoms with E-state index in [0.717, 1.165) is 62.8 Å². The number of anilines is 2. The minimum Gasteiger partial charge on any atom is -0.444 e. The highest BCUT2D eigenvalue weighted by molar-refractivity contribution is 6.03. The largest absolute Gasteiger partial charge is 0.444 e. The summed E-state index contributed by atoms with van der Waals surface area (Å²) < 4.78 is 44.5. The Bertz CT molecular complexity index is 2430. The number of carbonyl (C=O) groups excluding carboxylic acids is 3. The van der Waals surface area contributed by atoms with Crippen LogP contribution in [0.2, 0.25) is 0 Å². The molecule has 1 unspecified atom stereocenters. The van der Waals surface area contributed by atoms with Crippen LogP contribution in [0.3, 0.4) is 0 Å². The Morgan fingerprint density at radius 2 is 1.87 bits per heavy atom. The van der Waals surface area contributed by atoms with E-state index in [0.29, 0.717) is 48.4 Å². The Labute approximate surface area is 351 Å². The van der Waals surface area contributed by atoms with Gasteiger partial charge in [-0.3, -0.25) is 33.5 Å². The molecule has 1 saturated heterocycles.